The first kappa shape index (κ1) is 11.5. The van der Waals surface area contributed by atoms with E-state index in [4.69, 9.17) is 11.5 Å². The highest BCUT2D eigenvalue weighted by atomic mass is 14.8. The van der Waals surface area contributed by atoms with Gasteiger partial charge in [-0.2, -0.15) is 0 Å². The van der Waals surface area contributed by atoms with Crippen molar-refractivity contribution in [3.05, 3.63) is 53.1 Å². The van der Waals surface area contributed by atoms with Crippen LogP contribution in [0, 0.1) is 13.8 Å². The molecule has 88 valence electrons. The second kappa shape index (κ2) is 4.51. The van der Waals surface area contributed by atoms with E-state index in [9.17, 15) is 0 Å². The molecule has 0 spiro atoms. The highest BCUT2D eigenvalue weighted by molar-refractivity contribution is 5.49. The lowest BCUT2D eigenvalue weighted by Gasteiger charge is -2.15. The molecular weight excluding hydrogens is 212 g/mol. The Morgan fingerprint density at radius 1 is 1.24 bits per heavy atom. The van der Waals surface area contributed by atoms with Crippen LogP contribution >= 0.6 is 0 Å². The quantitative estimate of drug-likeness (QED) is 0.820. The van der Waals surface area contributed by atoms with E-state index in [0.717, 1.165) is 22.4 Å². The van der Waals surface area contributed by atoms with Crippen molar-refractivity contribution >= 4 is 5.69 Å². The predicted molar refractivity (Wildman–Crippen MR) is 68.4 cm³/mol. The first-order valence-corrected chi connectivity index (χ1v) is 5.47. The molecule has 0 radical (unpaired) electrons. The first-order valence-electron chi connectivity index (χ1n) is 5.47. The van der Waals surface area contributed by atoms with Crippen LogP contribution in [0.25, 0.3) is 0 Å². The topological polar surface area (TPSA) is 77.8 Å². The van der Waals surface area contributed by atoms with E-state index in [-0.39, 0.29) is 6.04 Å². The second-order valence-corrected chi connectivity index (χ2v) is 4.20. The fraction of sp³-hybridized carbons (Fsp3) is 0.231. The van der Waals surface area contributed by atoms with Crippen molar-refractivity contribution in [2.24, 2.45) is 5.73 Å². The largest absolute Gasteiger partial charge is 0.398 e. The van der Waals surface area contributed by atoms with Crippen LogP contribution < -0.4 is 11.5 Å². The Kier molecular flexibility index (Phi) is 3.06. The lowest BCUT2D eigenvalue weighted by molar-refractivity contribution is 0.813. The molecule has 17 heavy (non-hydrogen) atoms. The Labute approximate surface area is 101 Å². The minimum absolute atomic E-state index is 0.329. The number of pyridine rings is 2. The average Bonchev–Trinajstić information content (AvgIpc) is 2.29. The SMILES string of the molecule is Cc1cnc(C(N)c2cnccc2N)c(C)c1. The molecule has 0 aliphatic heterocycles. The van der Waals surface area contributed by atoms with Crippen molar-refractivity contribution in [2.75, 3.05) is 5.73 Å². The van der Waals surface area contributed by atoms with E-state index in [1.54, 1.807) is 18.5 Å². The number of anilines is 1. The van der Waals surface area contributed by atoms with Crippen LogP contribution in [0.5, 0.6) is 0 Å². The Bertz CT molecular complexity index is 537. The molecule has 1 atom stereocenters. The molecule has 0 fully saturated rings. The molecule has 4 N–H and O–H groups in total. The zero-order chi connectivity index (χ0) is 12.4. The number of nitrogen functional groups attached to an aromatic ring is 1. The van der Waals surface area contributed by atoms with Crippen molar-refractivity contribution in [1.82, 2.24) is 9.97 Å². The zero-order valence-corrected chi connectivity index (χ0v) is 10.0. The van der Waals surface area contributed by atoms with E-state index in [0.29, 0.717) is 5.69 Å². The lowest BCUT2D eigenvalue weighted by atomic mass is 10.0. The van der Waals surface area contributed by atoms with Gasteiger partial charge in [0.25, 0.3) is 0 Å². The van der Waals surface area contributed by atoms with Gasteiger partial charge in [-0.15, -0.1) is 0 Å². The smallest absolute Gasteiger partial charge is 0.0764 e. The van der Waals surface area contributed by atoms with Gasteiger partial charge in [0.1, 0.15) is 0 Å². The van der Waals surface area contributed by atoms with Gasteiger partial charge < -0.3 is 11.5 Å². The van der Waals surface area contributed by atoms with Crippen LogP contribution in [0.2, 0.25) is 0 Å². The third-order valence-corrected chi connectivity index (χ3v) is 2.77. The van der Waals surface area contributed by atoms with E-state index in [1.165, 1.54) is 0 Å². The summed E-state index contributed by atoms with van der Waals surface area (Å²) in [5, 5.41) is 0. The summed E-state index contributed by atoms with van der Waals surface area (Å²) in [4.78, 5) is 8.44. The number of nitrogens with zero attached hydrogens (tertiary/aromatic N) is 2. The molecule has 1 unspecified atom stereocenters. The predicted octanol–water partition coefficient (Wildman–Crippen LogP) is 1.72. The summed E-state index contributed by atoms with van der Waals surface area (Å²) in [6, 6.07) is 3.48. The fourth-order valence-corrected chi connectivity index (χ4v) is 1.88. The van der Waals surface area contributed by atoms with Crippen LogP contribution in [0.3, 0.4) is 0 Å². The molecule has 2 heterocycles. The molecule has 4 heteroatoms. The Morgan fingerprint density at radius 2 is 2.00 bits per heavy atom. The van der Waals surface area contributed by atoms with Crippen LogP contribution in [0.15, 0.2) is 30.7 Å². The van der Waals surface area contributed by atoms with Gasteiger partial charge in [-0.1, -0.05) is 6.07 Å². The van der Waals surface area contributed by atoms with Gasteiger partial charge >= 0.3 is 0 Å². The third kappa shape index (κ3) is 2.26. The number of rotatable bonds is 2. The summed E-state index contributed by atoms with van der Waals surface area (Å²) in [5.41, 5.74) is 16.6. The fourth-order valence-electron chi connectivity index (χ4n) is 1.88. The average molecular weight is 228 g/mol. The van der Waals surface area contributed by atoms with Crippen LogP contribution in [-0.4, -0.2) is 9.97 Å². The van der Waals surface area contributed by atoms with Crippen molar-refractivity contribution < 1.29 is 0 Å². The monoisotopic (exact) mass is 228 g/mol. The van der Waals surface area contributed by atoms with Gasteiger partial charge in [0.2, 0.25) is 0 Å². The standard InChI is InChI=1S/C13H16N4/c1-8-5-9(2)13(17-6-8)12(15)10-7-16-4-3-11(10)14/h3-7,12H,15H2,1-2H3,(H2,14,16). The van der Waals surface area contributed by atoms with Crippen LogP contribution in [-0.2, 0) is 0 Å². The van der Waals surface area contributed by atoms with Gasteiger partial charge in [0.05, 0.1) is 11.7 Å². The Balaban J connectivity index is 2.44. The summed E-state index contributed by atoms with van der Waals surface area (Å²) in [6.45, 7) is 4.01. The van der Waals surface area contributed by atoms with Crippen molar-refractivity contribution in [3.8, 4) is 0 Å². The Morgan fingerprint density at radius 3 is 2.65 bits per heavy atom. The molecule has 4 nitrogen and oxygen atoms in total. The van der Waals surface area contributed by atoms with Gasteiger partial charge in [-0.25, -0.2) is 0 Å². The van der Waals surface area contributed by atoms with Crippen molar-refractivity contribution in [2.45, 2.75) is 19.9 Å². The molecule has 2 aromatic heterocycles. The maximum atomic E-state index is 6.19. The summed E-state index contributed by atoms with van der Waals surface area (Å²) in [6.07, 6.45) is 5.16. The molecule has 0 aliphatic rings. The minimum atomic E-state index is -0.329. The van der Waals surface area contributed by atoms with Crippen molar-refractivity contribution in [1.29, 1.82) is 0 Å². The third-order valence-electron chi connectivity index (χ3n) is 2.77. The van der Waals surface area contributed by atoms with E-state index in [2.05, 4.69) is 16.0 Å². The van der Waals surface area contributed by atoms with E-state index < -0.39 is 0 Å². The zero-order valence-electron chi connectivity index (χ0n) is 10.0. The van der Waals surface area contributed by atoms with Crippen LogP contribution in [0.1, 0.15) is 28.4 Å². The summed E-state index contributed by atoms with van der Waals surface area (Å²) in [5.74, 6) is 0. The lowest BCUT2D eigenvalue weighted by Crippen LogP contribution is -2.17. The number of aromatic nitrogens is 2. The number of hydrogen-bond acceptors (Lipinski definition) is 4. The van der Waals surface area contributed by atoms with Gasteiger partial charge in [0.15, 0.2) is 0 Å². The molecule has 0 aromatic carbocycles. The molecular formula is C13H16N4. The molecule has 0 saturated heterocycles. The second-order valence-electron chi connectivity index (χ2n) is 4.20. The summed E-state index contributed by atoms with van der Waals surface area (Å²) < 4.78 is 0. The first-order chi connectivity index (χ1) is 8.09. The maximum absolute atomic E-state index is 6.19. The number of aryl methyl sites for hydroxylation is 2. The number of hydrogen-bond donors (Lipinski definition) is 2. The summed E-state index contributed by atoms with van der Waals surface area (Å²) in [7, 11) is 0. The molecule has 0 amide bonds. The van der Waals surface area contributed by atoms with E-state index >= 15 is 0 Å². The minimum Gasteiger partial charge on any atom is -0.398 e. The number of nitrogens with two attached hydrogens (primary N) is 2. The molecule has 2 rings (SSSR count). The summed E-state index contributed by atoms with van der Waals surface area (Å²) >= 11 is 0. The molecule has 0 saturated carbocycles. The normalized spacial score (nSPS) is 12.4. The van der Waals surface area contributed by atoms with Crippen molar-refractivity contribution in [3.63, 3.8) is 0 Å². The molecule has 2 aromatic rings. The highest BCUT2D eigenvalue weighted by Crippen LogP contribution is 2.24. The van der Waals surface area contributed by atoms with E-state index in [1.807, 2.05) is 20.0 Å². The van der Waals surface area contributed by atoms with Gasteiger partial charge in [-0.3, -0.25) is 9.97 Å². The van der Waals surface area contributed by atoms with Gasteiger partial charge in [0, 0.05) is 29.8 Å². The highest BCUT2D eigenvalue weighted by Gasteiger charge is 2.15. The van der Waals surface area contributed by atoms with Gasteiger partial charge in [-0.05, 0) is 31.0 Å². The van der Waals surface area contributed by atoms with Crippen LogP contribution in [0.4, 0.5) is 5.69 Å². The maximum Gasteiger partial charge on any atom is 0.0764 e. The molecule has 0 bridgehead atoms. The molecule has 0 aliphatic carbocycles. The Hall–Kier alpha value is -1.94.